The van der Waals surface area contributed by atoms with Crippen molar-refractivity contribution in [1.29, 1.82) is 0 Å². The van der Waals surface area contributed by atoms with Crippen LogP contribution in [0.3, 0.4) is 0 Å². The van der Waals surface area contributed by atoms with E-state index in [-0.39, 0.29) is 0 Å². The largest absolute Gasteiger partial charge is 0.429 e. The highest BCUT2D eigenvalue weighted by atomic mass is 35.5. The summed E-state index contributed by atoms with van der Waals surface area (Å²) in [5, 5.41) is 2.50. The molecular weight excluding hydrogens is 346 g/mol. The molecule has 0 aliphatic heterocycles. The number of rotatable bonds is 5. The van der Waals surface area contributed by atoms with Crippen molar-refractivity contribution >= 4 is 35.1 Å². The van der Waals surface area contributed by atoms with Crippen molar-refractivity contribution < 1.29 is 4.42 Å². The smallest absolute Gasteiger partial charge is 0.228 e. The van der Waals surface area contributed by atoms with Crippen molar-refractivity contribution in [3.05, 3.63) is 59.1 Å². The Morgan fingerprint density at radius 3 is 2.39 bits per heavy atom. The van der Waals surface area contributed by atoms with Crippen molar-refractivity contribution in [2.24, 2.45) is 0 Å². The molecule has 118 valence electrons. The summed E-state index contributed by atoms with van der Waals surface area (Å²) in [6.07, 6.45) is 0. The first-order valence-corrected chi connectivity index (χ1v) is 9.48. The van der Waals surface area contributed by atoms with Crippen LogP contribution in [-0.4, -0.2) is 10.7 Å². The topological polar surface area (TPSA) is 26.0 Å². The number of aryl methyl sites for hydroxylation is 1. The Morgan fingerprint density at radius 2 is 1.74 bits per heavy atom. The molecule has 1 aromatic heterocycles. The third-order valence-electron chi connectivity index (χ3n) is 3.17. The van der Waals surface area contributed by atoms with Crippen LogP contribution in [0.2, 0.25) is 5.02 Å². The normalized spacial score (nSPS) is 10.9. The fourth-order valence-electron chi connectivity index (χ4n) is 2.01. The monoisotopic (exact) mass is 361 g/mol. The van der Waals surface area contributed by atoms with Gasteiger partial charge in [0.15, 0.2) is 10.1 Å². The molecule has 0 bridgehead atoms. The lowest BCUT2D eigenvalue weighted by atomic mass is 10.1. The molecule has 1 heterocycles. The summed E-state index contributed by atoms with van der Waals surface area (Å²) in [7, 11) is 0. The van der Waals surface area contributed by atoms with Crippen LogP contribution in [0, 0.1) is 6.92 Å². The first kappa shape index (κ1) is 16.5. The molecule has 0 radical (unpaired) electrons. The Morgan fingerprint density at radius 1 is 1.04 bits per heavy atom. The summed E-state index contributed by atoms with van der Waals surface area (Å²) in [6.45, 7) is 4.18. The van der Waals surface area contributed by atoms with Crippen molar-refractivity contribution in [1.82, 2.24) is 4.98 Å². The Bertz CT molecular complexity index is 782. The highest BCUT2D eigenvalue weighted by molar-refractivity contribution is 8.02. The summed E-state index contributed by atoms with van der Waals surface area (Å²) in [4.78, 5) is 5.78. The number of hydrogen-bond acceptors (Lipinski definition) is 4. The van der Waals surface area contributed by atoms with E-state index in [9.17, 15) is 0 Å². The maximum atomic E-state index is 5.98. The van der Waals surface area contributed by atoms with E-state index in [1.165, 1.54) is 5.56 Å². The lowest BCUT2D eigenvalue weighted by Gasteiger charge is -1.99. The first-order valence-electron chi connectivity index (χ1n) is 7.30. The molecule has 3 rings (SSSR count). The fraction of sp³-hybridized carbons (Fsp3) is 0.167. The highest BCUT2D eigenvalue weighted by Gasteiger charge is 2.16. The zero-order chi connectivity index (χ0) is 16.2. The standard InChI is InChI=1S/C18H16ClNOS2/c1-3-22-18-17(23-15-10-8-14(19)9-11-15)20-16(21-18)13-6-4-12(2)5-7-13/h4-11H,3H2,1-2H3. The highest BCUT2D eigenvalue weighted by Crippen LogP contribution is 2.38. The van der Waals surface area contributed by atoms with Crippen molar-refractivity contribution in [2.45, 2.75) is 28.9 Å². The van der Waals surface area contributed by atoms with E-state index >= 15 is 0 Å². The van der Waals surface area contributed by atoms with E-state index in [4.69, 9.17) is 16.0 Å². The van der Waals surface area contributed by atoms with E-state index in [0.717, 1.165) is 31.4 Å². The molecule has 0 saturated heterocycles. The zero-order valence-electron chi connectivity index (χ0n) is 12.9. The number of benzene rings is 2. The second kappa shape index (κ2) is 7.47. The molecule has 0 saturated carbocycles. The molecule has 2 aromatic carbocycles. The lowest BCUT2D eigenvalue weighted by molar-refractivity contribution is 0.474. The van der Waals surface area contributed by atoms with Crippen LogP contribution < -0.4 is 0 Å². The van der Waals surface area contributed by atoms with Gasteiger partial charge in [-0.05, 0) is 49.1 Å². The predicted octanol–water partition coefficient (Wildman–Crippen LogP) is 6.57. The molecule has 0 fully saturated rings. The molecule has 0 amide bonds. The summed E-state index contributed by atoms with van der Waals surface area (Å²) < 4.78 is 5.98. The van der Waals surface area contributed by atoms with Gasteiger partial charge in [0.25, 0.3) is 0 Å². The van der Waals surface area contributed by atoms with Crippen LogP contribution in [0.25, 0.3) is 11.5 Å². The number of hydrogen-bond donors (Lipinski definition) is 0. The second-order valence-corrected chi connectivity index (χ2v) is 7.70. The molecule has 5 heteroatoms. The number of nitrogens with zero attached hydrogens (tertiary/aromatic N) is 1. The van der Waals surface area contributed by atoms with E-state index in [1.807, 2.05) is 36.4 Å². The summed E-state index contributed by atoms with van der Waals surface area (Å²) >= 11 is 9.21. The van der Waals surface area contributed by atoms with Gasteiger partial charge in [-0.3, -0.25) is 0 Å². The predicted molar refractivity (Wildman–Crippen MR) is 98.6 cm³/mol. The molecule has 2 nitrogen and oxygen atoms in total. The van der Waals surface area contributed by atoms with Crippen molar-refractivity contribution in [3.8, 4) is 11.5 Å². The van der Waals surface area contributed by atoms with Crippen LogP contribution in [0.5, 0.6) is 0 Å². The Hall–Kier alpha value is -1.36. The molecule has 0 atom stereocenters. The van der Waals surface area contributed by atoms with Gasteiger partial charge in [0.2, 0.25) is 5.89 Å². The number of oxazole rings is 1. The molecule has 0 aliphatic rings. The van der Waals surface area contributed by atoms with Gasteiger partial charge >= 0.3 is 0 Å². The third kappa shape index (κ3) is 4.14. The van der Waals surface area contributed by atoms with Crippen LogP contribution in [-0.2, 0) is 0 Å². The minimum absolute atomic E-state index is 0.664. The second-order valence-electron chi connectivity index (χ2n) is 4.97. The van der Waals surface area contributed by atoms with E-state index in [0.29, 0.717) is 5.89 Å². The average molecular weight is 362 g/mol. The van der Waals surface area contributed by atoms with Gasteiger partial charge in [-0.25, -0.2) is 4.98 Å². The lowest BCUT2D eigenvalue weighted by Crippen LogP contribution is -1.79. The minimum atomic E-state index is 0.664. The summed E-state index contributed by atoms with van der Waals surface area (Å²) in [5.74, 6) is 1.61. The van der Waals surface area contributed by atoms with Crippen LogP contribution in [0.4, 0.5) is 0 Å². The van der Waals surface area contributed by atoms with Gasteiger partial charge in [0.05, 0.1) is 0 Å². The summed E-state index contributed by atoms with van der Waals surface area (Å²) in [6, 6.07) is 16.0. The van der Waals surface area contributed by atoms with Crippen molar-refractivity contribution in [2.75, 3.05) is 5.75 Å². The molecule has 0 unspecified atom stereocenters. The number of thioether (sulfide) groups is 1. The first-order chi connectivity index (χ1) is 11.2. The Balaban J connectivity index is 1.92. The summed E-state index contributed by atoms with van der Waals surface area (Å²) in [5.41, 5.74) is 2.22. The molecule has 3 aromatic rings. The zero-order valence-corrected chi connectivity index (χ0v) is 15.3. The third-order valence-corrected chi connectivity index (χ3v) is 5.36. The van der Waals surface area contributed by atoms with Gasteiger partial charge in [-0.2, -0.15) is 0 Å². The molecule has 0 N–H and O–H groups in total. The van der Waals surface area contributed by atoms with Gasteiger partial charge in [0, 0.05) is 15.5 Å². The van der Waals surface area contributed by atoms with E-state index < -0.39 is 0 Å². The van der Waals surface area contributed by atoms with E-state index in [1.54, 1.807) is 23.5 Å². The average Bonchev–Trinajstić information content (AvgIpc) is 2.93. The molecule has 23 heavy (non-hydrogen) atoms. The SMILES string of the molecule is CCSc1oc(-c2ccc(C)cc2)nc1Sc1ccc(Cl)cc1. The van der Waals surface area contributed by atoms with Gasteiger partial charge < -0.3 is 4.42 Å². The molecule has 0 spiro atoms. The van der Waals surface area contributed by atoms with E-state index in [2.05, 4.69) is 31.0 Å². The van der Waals surface area contributed by atoms with Gasteiger partial charge in [-0.15, -0.1) is 0 Å². The van der Waals surface area contributed by atoms with Crippen molar-refractivity contribution in [3.63, 3.8) is 0 Å². The van der Waals surface area contributed by atoms with Crippen LogP contribution >= 0.6 is 35.1 Å². The van der Waals surface area contributed by atoms with Gasteiger partial charge in [0.1, 0.15) is 0 Å². The van der Waals surface area contributed by atoms with Crippen LogP contribution in [0.1, 0.15) is 12.5 Å². The Labute approximate surface area is 149 Å². The molecule has 0 aliphatic carbocycles. The molecular formula is C18H16ClNOS2. The van der Waals surface area contributed by atoms with Crippen LogP contribution in [0.15, 0.2) is 68.0 Å². The number of halogens is 1. The van der Waals surface area contributed by atoms with Gasteiger partial charge in [-0.1, -0.05) is 59.7 Å². The fourth-order valence-corrected chi connectivity index (χ4v) is 3.76. The number of aromatic nitrogens is 1. The quantitative estimate of drug-likeness (QED) is 0.480. The Kier molecular flexibility index (Phi) is 5.36. The maximum absolute atomic E-state index is 5.98. The maximum Gasteiger partial charge on any atom is 0.228 e. The minimum Gasteiger partial charge on any atom is -0.429 e.